The van der Waals surface area contributed by atoms with Crippen LogP contribution in [0, 0.1) is 0 Å². The molecule has 186 valence electrons. The van der Waals surface area contributed by atoms with E-state index in [-0.39, 0.29) is 23.6 Å². The summed E-state index contributed by atoms with van der Waals surface area (Å²) in [4.78, 5) is 28.9. The average molecular weight is 499 g/mol. The number of carbonyl (C=O) groups is 2. The van der Waals surface area contributed by atoms with Gasteiger partial charge in [-0.05, 0) is 37.3 Å². The zero-order valence-corrected chi connectivity index (χ0v) is 19.1. The van der Waals surface area contributed by atoms with Crippen LogP contribution in [0.4, 0.5) is 29.3 Å². The van der Waals surface area contributed by atoms with Gasteiger partial charge in [0.25, 0.3) is 0 Å². The second-order valence-corrected chi connectivity index (χ2v) is 7.45. The first-order chi connectivity index (χ1) is 17.2. The number of nitrogens with zero attached hydrogens (tertiary/aromatic N) is 3. The second-order valence-electron chi connectivity index (χ2n) is 7.45. The van der Waals surface area contributed by atoms with Crippen LogP contribution in [0.2, 0.25) is 0 Å². The molecule has 0 bridgehead atoms. The quantitative estimate of drug-likeness (QED) is 0.351. The summed E-state index contributed by atoms with van der Waals surface area (Å²) < 4.78 is 50.9. The first-order valence-corrected chi connectivity index (χ1v) is 10.6. The first-order valence-electron chi connectivity index (χ1n) is 10.6. The van der Waals surface area contributed by atoms with Gasteiger partial charge >= 0.3 is 18.2 Å². The Morgan fingerprint density at radius 2 is 1.83 bits per heavy atom. The van der Waals surface area contributed by atoms with Crippen LogP contribution in [-0.2, 0) is 10.9 Å². The molecular weight excluding hydrogens is 479 g/mol. The number of hydrogen-bond donors (Lipinski definition) is 2. The van der Waals surface area contributed by atoms with E-state index in [1.165, 1.54) is 30.1 Å². The predicted octanol–water partition coefficient (Wildman–Crippen LogP) is 5.24. The average Bonchev–Trinajstić information content (AvgIpc) is 3.28. The van der Waals surface area contributed by atoms with Gasteiger partial charge in [-0.15, -0.1) is 0 Å². The third kappa shape index (κ3) is 5.22. The highest BCUT2D eigenvalue weighted by molar-refractivity contribution is 6.00. The molecule has 2 heterocycles. The number of carbonyl (C=O) groups excluding carboxylic acids is 2. The second kappa shape index (κ2) is 9.94. The van der Waals surface area contributed by atoms with Gasteiger partial charge in [0.1, 0.15) is 11.3 Å². The molecule has 0 spiro atoms. The fraction of sp³-hybridized carbons (Fsp3) is 0.167. The molecule has 2 amide bonds. The summed E-state index contributed by atoms with van der Waals surface area (Å²) in [6.07, 6.45) is -1.73. The third-order valence-corrected chi connectivity index (χ3v) is 5.04. The van der Waals surface area contributed by atoms with Gasteiger partial charge in [-0.3, -0.25) is 0 Å². The maximum Gasteiger partial charge on any atom is 0.416 e. The summed E-state index contributed by atoms with van der Waals surface area (Å²) in [5.41, 5.74) is 1.06. The van der Waals surface area contributed by atoms with E-state index >= 15 is 0 Å². The lowest BCUT2D eigenvalue weighted by Gasteiger charge is -2.13. The fourth-order valence-corrected chi connectivity index (χ4v) is 3.47. The van der Waals surface area contributed by atoms with Crippen LogP contribution in [0.1, 0.15) is 22.8 Å². The lowest BCUT2D eigenvalue weighted by molar-refractivity contribution is -0.137. The van der Waals surface area contributed by atoms with Gasteiger partial charge in [0.05, 0.1) is 31.2 Å². The number of alkyl halides is 3. The Hall–Kier alpha value is -4.61. The molecule has 0 unspecified atom stereocenters. The van der Waals surface area contributed by atoms with E-state index < -0.39 is 23.7 Å². The maximum absolute atomic E-state index is 13.1. The molecule has 0 fully saturated rings. The number of fused-ring (bicyclic) bond motifs is 1. The van der Waals surface area contributed by atoms with Crippen molar-refractivity contribution < 1.29 is 32.2 Å². The Morgan fingerprint density at radius 1 is 1.06 bits per heavy atom. The van der Waals surface area contributed by atoms with E-state index in [4.69, 9.17) is 9.47 Å². The fourth-order valence-electron chi connectivity index (χ4n) is 3.47. The monoisotopic (exact) mass is 499 g/mol. The highest BCUT2D eigenvalue weighted by Gasteiger charge is 2.31. The molecule has 0 radical (unpaired) electrons. The number of anilines is 2. The number of halogens is 3. The van der Waals surface area contributed by atoms with Crippen molar-refractivity contribution >= 4 is 29.0 Å². The lowest BCUT2D eigenvalue weighted by Crippen LogP contribution is -2.20. The number of rotatable bonds is 6. The molecule has 0 aliphatic rings. The first kappa shape index (κ1) is 24.5. The summed E-state index contributed by atoms with van der Waals surface area (Å²) in [6, 6.07) is 10.6. The van der Waals surface area contributed by atoms with Crippen LogP contribution in [-0.4, -0.2) is 40.3 Å². The standard InChI is InChI=1S/C24H20F3N5O4/c1-3-36-22(33)19-13-29-32-20(7-8-28-21(19)32)14-5-4-6-16(9-14)30-23(34)31-17-10-15(24(25,26)27)11-18(12-17)35-2/h4-13H,3H2,1-2H3,(H2,30,31,34). The van der Waals surface area contributed by atoms with Gasteiger partial charge in [-0.2, -0.15) is 18.3 Å². The Balaban J connectivity index is 1.57. The van der Waals surface area contributed by atoms with Crippen molar-refractivity contribution in [2.24, 2.45) is 0 Å². The van der Waals surface area contributed by atoms with Crippen molar-refractivity contribution in [2.45, 2.75) is 13.1 Å². The number of methoxy groups -OCH3 is 1. The van der Waals surface area contributed by atoms with Crippen molar-refractivity contribution in [1.82, 2.24) is 14.6 Å². The van der Waals surface area contributed by atoms with Gasteiger partial charge in [-0.1, -0.05) is 12.1 Å². The zero-order valence-electron chi connectivity index (χ0n) is 19.1. The molecule has 4 aromatic rings. The molecule has 12 heteroatoms. The summed E-state index contributed by atoms with van der Waals surface area (Å²) >= 11 is 0. The molecule has 4 rings (SSSR count). The Labute approximate surface area is 202 Å². The predicted molar refractivity (Wildman–Crippen MR) is 125 cm³/mol. The summed E-state index contributed by atoms with van der Waals surface area (Å²) in [5, 5.41) is 9.22. The summed E-state index contributed by atoms with van der Waals surface area (Å²) in [6.45, 7) is 1.90. The largest absolute Gasteiger partial charge is 0.497 e. The van der Waals surface area contributed by atoms with E-state index in [0.717, 1.165) is 12.1 Å². The minimum absolute atomic E-state index is 0.0507. The van der Waals surface area contributed by atoms with Crippen LogP contribution in [0.3, 0.4) is 0 Å². The highest BCUT2D eigenvalue weighted by atomic mass is 19.4. The number of hydrogen-bond acceptors (Lipinski definition) is 6. The number of benzene rings is 2. The molecule has 0 atom stereocenters. The van der Waals surface area contributed by atoms with Crippen LogP contribution in [0.15, 0.2) is 60.9 Å². The van der Waals surface area contributed by atoms with E-state index in [1.807, 2.05) is 0 Å². The van der Waals surface area contributed by atoms with Crippen LogP contribution in [0.25, 0.3) is 16.9 Å². The van der Waals surface area contributed by atoms with Crippen molar-refractivity contribution in [1.29, 1.82) is 0 Å². The lowest BCUT2D eigenvalue weighted by atomic mass is 10.1. The zero-order chi connectivity index (χ0) is 25.9. The van der Waals surface area contributed by atoms with Crippen LogP contribution in [0.5, 0.6) is 5.75 Å². The Morgan fingerprint density at radius 3 is 2.56 bits per heavy atom. The molecule has 2 N–H and O–H groups in total. The maximum atomic E-state index is 13.1. The van der Waals surface area contributed by atoms with Gasteiger partial charge < -0.3 is 20.1 Å². The molecule has 0 aliphatic carbocycles. The molecule has 2 aromatic heterocycles. The van der Waals surface area contributed by atoms with E-state index in [1.54, 1.807) is 37.3 Å². The molecule has 0 aliphatic heterocycles. The molecule has 0 saturated heterocycles. The Bertz CT molecular complexity index is 1440. The normalized spacial score (nSPS) is 11.2. The topological polar surface area (TPSA) is 107 Å². The molecule has 36 heavy (non-hydrogen) atoms. The molecule has 9 nitrogen and oxygen atoms in total. The van der Waals surface area contributed by atoms with Crippen molar-refractivity contribution in [2.75, 3.05) is 24.4 Å². The van der Waals surface area contributed by atoms with Crippen LogP contribution < -0.4 is 15.4 Å². The number of ether oxygens (including phenoxy) is 2. The van der Waals surface area contributed by atoms with Crippen molar-refractivity contribution in [3.63, 3.8) is 0 Å². The number of amides is 2. The number of nitrogens with one attached hydrogen (secondary N) is 2. The molecule has 0 saturated carbocycles. The van der Waals surface area contributed by atoms with Gasteiger partial charge in [0.15, 0.2) is 5.65 Å². The smallest absolute Gasteiger partial charge is 0.416 e. The number of aromatic nitrogens is 3. The third-order valence-electron chi connectivity index (χ3n) is 5.04. The van der Waals surface area contributed by atoms with Crippen LogP contribution >= 0.6 is 0 Å². The SMILES string of the molecule is CCOC(=O)c1cnn2c(-c3cccc(NC(=O)Nc4cc(OC)cc(C(F)(F)F)c4)c3)ccnc12. The minimum Gasteiger partial charge on any atom is -0.497 e. The van der Waals surface area contributed by atoms with Crippen molar-refractivity contribution in [3.8, 4) is 17.0 Å². The van der Waals surface area contributed by atoms with E-state index in [2.05, 4.69) is 20.7 Å². The van der Waals surface area contributed by atoms with Gasteiger partial charge in [0.2, 0.25) is 0 Å². The minimum atomic E-state index is -4.61. The molecule has 2 aromatic carbocycles. The summed E-state index contributed by atoms with van der Waals surface area (Å²) in [7, 11) is 1.23. The van der Waals surface area contributed by atoms with E-state index in [9.17, 15) is 22.8 Å². The van der Waals surface area contributed by atoms with Gasteiger partial charge in [0, 0.05) is 29.2 Å². The summed E-state index contributed by atoms with van der Waals surface area (Å²) in [5.74, 6) is -0.597. The van der Waals surface area contributed by atoms with Crippen molar-refractivity contribution in [3.05, 3.63) is 72.1 Å². The Kier molecular flexibility index (Phi) is 6.77. The molecular formula is C24H20F3N5O4. The number of esters is 1. The highest BCUT2D eigenvalue weighted by Crippen LogP contribution is 2.34. The number of urea groups is 1. The van der Waals surface area contributed by atoms with Gasteiger partial charge in [-0.25, -0.2) is 19.1 Å². The van der Waals surface area contributed by atoms with E-state index in [0.29, 0.717) is 22.6 Å².